The Bertz CT molecular complexity index is 797. The second kappa shape index (κ2) is 4.61. The largest absolute Gasteiger partial charge is 0.478 e. The number of aryl methyl sites for hydroxylation is 1. The van der Waals surface area contributed by atoms with Gasteiger partial charge in [-0.15, -0.1) is 0 Å². The van der Waals surface area contributed by atoms with Crippen molar-refractivity contribution >= 4 is 17.1 Å². The smallest absolute Gasteiger partial charge is 0.339 e. The second-order valence-electron chi connectivity index (χ2n) is 4.10. The molecule has 20 heavy (non-hydrogen) atoms. The molecule has 7 heteroatoms. The molecule has 0 radical (unpaired) electrons. The Balaban J connectivity index is 2.02. The normalized spacial score (nSPS) is 10.7. The molecule has 0 amide bonds. The molecule has 3 rings (SSSR count). The molecule has 100 valence electrons. The first-order chi connectivity index (χ1) is 9.65. The van der Waals surface area contributed by atoms with Gasteiger partial charge in [0.15, 0.2) is 11.4 Å². The molecule has 0 aromatic carbocycles. The SMILES string of the molecule is Cc1ncccc1Oc1cnc2[nH]cc(C(=O)O)c2n1. The third-order valence-corrected chi connectivity index (χ3v) is 2.76. The van der Waals surface area contributed by atoms with Gasteiger partial charge in [0.2, 0.25) is 5.88 Å². The lowest BCUT2D eigenvalue weighted by Crippen LogP contribution is -1.97. The van der Waals surface area contributed by atoms with E-state index in [2.05, 4.69) is 19.9 Å². The van der Waals surface area contributed by atoms with Crippen LogP contribution in [-0.4, -0.2) is 31.0 Å². The maximum atomic E-state index is 11.1. The average Bonchev–Trinajstić information content (AvgIpc) is 2.84. The van der Waals surface area contributed by atoms with E-state index >= 15 is 0 Å². The molecule has 0 fully saturated rings. The van der Waals surface area contributed by atoms with Crippen molar-refractivity contribution in [3.8, 4) is 11.6 Å². The zero-order valence-corrected chi connectivity index (χ0v) is 10.5. The fourth-order valence-electron chi connectivity index (χ4n) is 1.78. The fourth-order valence-corrected chi connectivity index (χ4v) is 1.78. The number of H-pyrrole nitrogens is 1. The lowest BCUT2D eigenvalue weighted by molar-refractivity contribution is 0.0699. The molecule has 0 bridgehead atoms. The Morgan fingerprint density at radius 3 is 3.00 bits per heavy atom. The van der Waals surface area contributed by atoms with Crippen LogP contribution < -0.4 is 4.74 Å². The standard InChI is InChI=1S/C13H10N4O3/c1-7-9(3-2-4-14-7)20-10-6-16-12-11(17-10)8(5-15-12)13(18)19/h2-6H,1H3,(H,15,16)(H,18,19). The minimum atomic E-state index is -1.07. The molecule has 0 unspecified atom stereocenters. The van der Waals surface area contributed by atoms with Gasteiger partial charge in [0, 0.05) is 12.4 Å². The zero-order valence-electron chi connectivity index (χ0n) is 10.5. The number of carbonyl (C=O) groups is 1. The van der Waals surface area contributed by atoms with Gasteiger partial charge in [0.1, 0.15) is 11.1 Å². The number of fused-ring (bicyclic) bond motifs is 1. The summed E-state index contributed by atoms with van der Waals surface area (Å²) in [5, 5.41) is 9.06. The Hall–Kier alpha value is -2.96. The van der Waals surface area contributed by atoms with Crippen LogP contribution >= 0.6 is 0 Å². The quantitative estimate of drug-likeness (QED) is 0.756. The summed E-state index contributed by atoms with van der Waals surface area (Å²) in [6, 6.07) is 3.50. The van der Waals surface area contributed by atoms with Crippen molar-refractivity contribution in [1.82, 2.24) is 19.9 Å². The van der Waals surface area contributed by atoms with E-state index in [1.165, 1.54) is 12.4 Å². The molecule has 0 spiro atoms. The van der Waals surface area contributed by atoms with Crippen molar-refractivity contribution < 1.29 is 14.6 Å². The number of nitrogens with one attached hydrogen (secondary N) is 1. The topological polar surface area (TPSA) is 101 Å². The van der Waals surface area contributed by atoms with E-state index in [4.69, 9.17) is 9.84 Å². The van der Waals surface area contributed by atoms with Crippen LogP contribution in [0.2, 0.25) is 0 Å². The highest BCUT2D eigenvalue weighted by atomic mass is 16.5. The molecule has 0 saturated carbocycles. The minimum Gasteiger partial charge on any atom is -0.478 e. The second-order valence-corrected chi connectivity index (χ2v) is 4.10. The number of hydrogen-bond donors (Lipinski definition) is 2. The molecule has 3 aromatic rings. The summed E-state index contributed by atoms with van der Waals surface area (Å²) in [6.45, 7) is 1.81. The zero-order chi connectivity index (χ0) is 14.1. The van der Waals surface area contributed by atoms with Crippen LogP contribution in [0.15, 0.2) is 30.7 Å². The molecular formula is C13H10N4O3. The molecular weight excluding hydrogens is 260 g/mol. The van der Waals surface area contributed by atoms with Crippen LogP contribution in [0.3, 0.4) is 0 Å². The highest BCUT2D eigenvalue weighted by molar-refractivity contribution is 6.00. The Morgan fingerprint density at radius 2 is 2.25 bits per heavy atom. The van der Waals surface area contributed by atoms with Gasteiger partial charge in [0.25, 0.3) is 0 Å². The van der Waals surface area contributed by atoms with Crippen molar-refractivity contribution in [3.63, 3.8) is 0 Å². The van der Waals surface area contributed by atoms with E-state index in [1.54, 1.807) is 25.3 Å². The molecule has 0 aliphatic rings. The van der Waals surface area contributed by atoms with Crippen molar-refractivity contribution in [2.24, 2.45) is 0 Å². The number of rotatable bonds is 3. The van der Waals surface area contributed by atoms with Gasteiger partial charge in [0.05, 0.1) is 11.9 Å². The van der Waals surface area contributed by atoms with E-state index in [0.29, 0.717) is 17.1 Å². The number of pyridine rings is 1. The molecule has 0 saturated heterocycles. The molecule has 0 aliphatic carbocycles. The summed E-state index contributed by atoms with van der Waals surface area (Å²) in [6.07, 6.45) is 4.44. The molecule has 3 aromatic heterocycles. The average molecular weight is 270 g/mol. The first-order valence-electron chi connectivity index (χ1n) is 5.82. The van der Waals surface area contributed by atoms with Crippen molar-refractivity contribution in [3.05, 3.63) is 42.0 Å². The van der Waals surface area contributed by atoms with Crippen LogP contribution in [-0.2, 0) is 0 Å². The Morgan fingerprint density at radius 1 is 1.40 bits per heavy atom. The summed E-state index contributed by atoms with van der Waals surface area (Å²) >= 11 is 0. The van der Waals surface area contributed by atoms with Gasteiger partial charge in [-0.2, -0.15) is 0 Å². The Labute approximate surface area is 113 Å². The molecule has 7 nitrogen and oxygen atoms in total. The summed E-state index contributed by atoms with van der Waals surface area (Å²) in [4.78, 5) is 26.2. The number of carboxylic acids is 1. The van der Waals surface area contributed by atoms with E-state index in [0.717, 1.165) is 0 Å². The maximum Gasteiger partial charge on any atom is 0.339 e. The summed E-state index contributed by atoms with van der Waals surface area (Å²) in [5.74, 6) is -0.301. The first-order valence-corrected chi connectivity index (χ1v) is 5.82. The van der Waals surface area contributed by atoms with Gasteiger partial charge in [-0.1, -0.05) is 0 Å². The highest BCUT2D eigenvalue weighted by Crippen LogP contribution is 2.23. The number of aromatic nitrogens is 4. The number of ether oxygens (including phenoxy) is 1. The maximum absolute atomic E-state index is 11.1. The number of hydrogen-bond acceptors (Lipinski definition) is 5. The van der Waals surface area contributed by atoms with E-state index in [1.807, 2.05) is 0 Å². The number of aromatic amines is 1. The number of carboxylic acid groups (broad SMARTS) is 1. The molecule has 0 aliphatic heterocycles. The van der Waals surface area contributed by atoms with Gasteiger partial charge < -0.3 is 14.8 Å². The van der Waals surface area contributed by atoms with E-state index < -0.39 is 5.97 Å². The lowest BCUT2D eigenvalue weighted by atomic mass is 10.3. The predicted molar refractivity (Wildman–Crippen MR) is 69.9 cm³/mol. The third-order valence-electron chi connectivity index (χ3n) is 2.76. The van der Waals surface area contributed by atoms with E-state index in [-0.39, 0.29) is 17.0 Å². The number of aromatic carboxylic acids is 1. The third kappa shape index (κ3) is 2.05. The predicted octanol–water partition coefficient (Wildman–Crippen LogP) is 2.15. The van der Waals surface area contributed by atoms with Crippen LogP contribution in [0.1, 0.15) is 16.1 Å². The summed E-state index contributed by atoms with van der Waals surface area (Å²) < 4.78 is 5.58. The first kappa shape index (κ1) is 12.1. The van der Waals surface area contributed by atoms with Crippen LogP contribution in [0.4, 0.5) is 0 Å². The van der Waals surface area contributed by atoms with Crippen molar-refractivity contribution in [1.29, 1.82) is 0 Å². The molecule has 3 heterocycles. The van der Waals surface area contributed by atoms with Crippen molar-refractivity contribution in [2.45, 2.75) is 6.92 Å². The van der Waals surface area contributed by atoms with Gasteiger partial charge in [-0.25, -0.2) is 14.8 Å². The molecule has 2 N–H and O–H groups in total. The fraction of sp³-hybridized carbons (Fsp3) is 0.0769. The van der Waals surface area contributed by atoms with Gasteiger partial charge >= 0.3 is 5.97 Å². The van der Waals surface area contributed by atoms with E-state index in [9.17, 15) is 4.79 Å². The van der Waals surface area contributed by atoms with Crippen LogP contribution in [0, 0.1) is 6.92 Å². The Kier molecular flexibility index (Phi) is 2.79. The highest BCUT2D eigenvalue weighted by Gasteiger charge is 2.14. The van der Waals surface area contributed by atoms with Crippen LogP contribution in [0.25, 0.3) is 11.2 Å². The van der Waals surface area contributed by atoms with Crippen molar-refractivity contribution in [2.75, 3.05) is 0 Å². The van der Waals surface area contributed by atoms with Crippen LogP contribution in [0.5, 0.6) is 11.6 Å². The van der Waals surface area contributed by atoms with Gasteiger partial charge in [-0.3, -0.25) is 4.98 Å². The lowest BCUT2D eigenvalue weighted by Gasteiger charge is -2.06. The molecule has 0 atom stereocenters. The summed E-state index contributed by atoms with van der Waals surface area (Å²) in [7, 11) is 0. The number of nitrogens with zero attached hydrogens (tertiary/aromatic N) is 3. The van der Waals surface area contributed by atoms with Gasteiger partial charge in [-0.05, 0) is 19.1 Å². The summed E-state index contributed by atoms with van der Waals surface area (Å²) in [5.41, 5.74) is 1.43. The minimum absolute atomic E-state index is 0.0564. The monoisotopic (exact) mass is 270 g/mol.